The smallest absolute Gasteiger partial charge is 0.335 e. The molecule has 0 radical (unpaired) electrons. The van der Waals surface area contributed by atoms with Crippen LogP contribution in [-0.4, -0.2) is 11.1 Å². The van der Waals surface area contributed by atoms with E-state index in [9.17, 15) is 10.1 Å². The van der Waals surface area contributed by atoms with E-state index in [-0.39, 0.29) is 5.56 Å². The summed E-state index contributed by atoms with van der Waals surface area (Å²) in [5.74, 6) is -0.220. The maximum Gasteiger partial charge on any atom is 0.335 e. The predicted molar refractivity (Wildman–Crippen MR) is 125 cm³/mol. The lowest BCUT2D eigenvalue weighted by molar-refractivity contribution is 0.0697. The summed E-state index contributed by atoms with van der Waals surface area (Å²) in [6.07, 6.45) is 1.85. The summed E-state index contributed by atoms with van der Waals surface area (Å²) in [4.78, 5) is 10.9. The van der Waals surface area contributed by atoms with Crippen LogP contribution in [0.2, 0.25) is 0 Å². The van der Waals surface area contributed by atoms with E-state index in [4.69, 9.17) is 9.84 Å². The van der Waals surface area contributed by atoms with Gasteiger partial charge in [0, 0.05) is 4.47 Å². The first kappa shape index (κ1) is 21.1. The van der Waals surface area contributed by atoms with Crippen molar-refractivity contribution in [2.75, 3.05) is 0 Å². The van der Waals surface area contributed by atoms with Crippen LogP contribution in [0, 0.1) is 14.9 Å². The summed E-state index contributed by atoms with van der Waals surface area (Å²) in [6.45, 7) is 0.341. The number of ether oxygens (including phenoxy) is 1. The highest BCUT2D eigenvalue weighted by Gasteiger charge is 2.06. The fraction of sp³-hybridized carbons (Fsp3) is 0.0435. The second-order valence-corrected chi connectivity index (χ2v) is 8.24. The van der Waals surface area contributed by atoms with Crippen LogP contribution >= 0.6 is 38.5 Å². The Balaban J connectivity index is 1.73. The number of aromatic carboxylic acids is 1. The fourth-order valence-electron chi connectivity index (χ4n) is 2.60. The number of carbonyl (C=O) groups is 1. The van der Waals surface area contributed by atoms with Crippen molar-refractivity contribution in [2.24, 2.45) is 0 Å². The molecule has 4 nitrogen and oxygen atoms in total. The molecule has 0 aromatic heterocycles. The SMILES string of the molecule is N#C/C(=C/c1ccc(OCc2ccc(C(=O)O)cc2)c(I)c1)c1ccc(Br)cc1. The van der Waals surface area contributed by atoms with Gasteiger partial charge in [-0.1, -0.05) is 46.3 Å². The van der Waals surface area contributed by atoms with E-state index in [1.165, 1.54) is 0 Å². The van der Waals surface area contributed by atoms with Crippen molar-refractivity contribution in [1.29, 1.82) is 5.26 Å². The molecule has 6 heteroatoms. The van der Waals surface area contributed by atoms with Crippen LogP contribution < -0.4 is 4.74 Å². The quantitative estimate of drug-likeness (QED) is 0.216. The molecule has 0 aliphatic carbocycles. The Morgan fingerprint density at radius 1 is 1.07 bits per heavy atom. The zero-order valence-corrected chi connectivity index (χ0v) is 18.8. The molecule has 1 N–H and O–H groups in total. The highest BCUT2D eigenvalue weighted by Crippen LogP contribution is 2.26. The molecule has 3 rings (SSSR count). The fourth-order valence-corrected chi connectivity index (χ4v) is 3.56. The Morgan fingerprint density at radius 2 is 1.72 bits per heavy atom. The normalized spacial score (nSPS) is 11.0. The van der Waals surface area contributed by atoms with Gasteiger partial charge in [0.2, 0.25) is 0 Å². The second kappa shape index (κ2) is 9.72. The number of rotatable bonds is 6. The molecular weight excluding hydrogens is 545 g/mol. The highest BCUT2D eigenvalue weighted by molar-refractivity contribution is 14.1. The van der Waals surface area contributed by atoms with E-state index in [0.29, 0.717) is 12.2 Å². The Labute approximate surface area is 190 Å². The minimum atomic E-state index is -0.949. The summed E-state index contributed by atoms with van der Waals surface area (Å²) in [7, 11) is 0. The Morgan fingerprint density at radius 3 is 2.31 bits per heavy atom. The van der Waals surface area contributed by atoms with Crippen LogP contribution in [0.3, 0.4) is 0 Å². The molecule has 0 saturated carbocycles. The third-order valence-electron chi connectivity index (χ3n) is 4.14. The van der Waals surface area contributed by atoms with Gasteiger partial charge in [-0.2, -0.15) is 5.26 Å². The first-order chi connectivity index (χ1) is 14.0. The molecule has 0 spiro atoms. The molecule has 0 aliphatic heterocycles. The van der Waals surface area contributed by atoms with Gasteiger partial charge in [-0.05, 0) is 81.8 Å². The van der Waals surface area contributed by atoms with E-state index in [1.807, 2.05) is 48.5 Å². The van der Waals surface area contributed by atoms with Crippen LogP contribution in [0.4, 0.5) is 0 Å². The molecule has 29 heavy (non-hydrogen) atoms. The number of carboxylic acids is 1. The molecule has 0 atom stereocenters. The molecule has 3 aromatic rings. The van der Waals surface area contributed by atoms with Crippen molar-refractivity contribution in [2.45, 2.75) is 6.61 Å². The molecule has 144 valence electrons. The van der Waals surface area contributed by atoms with Gasteiger partial charge in [-0.15, -0.1) is 0 Å². The standard InChI is InChI=1S/C23H15BrINO3/c24-20-8-6-17(7-9-20)19(13-26)11-16-3-10-22(21(25)12-16)29-14-15-1-4-18(5-2-15)23(27)28/h1-12H,14H2,(H,27,28)/b19-11-. The maximum absolute atomic E-state index is 10.9. The Hall–Kier alpha value is -2.63. The summed E-state index contributed by atoms with van der Waals surface area (Å²) < 4.78 is 7.75. The van der Waals surface area contributed by atoms with Gasteiger partial charge < -0.3 is 9.84 Å². The molecule has 0 aliphatic rings. The van der Waals surface area contributed by atoms with Crippen LogP contribution in [0.5, 0.6) is 5.75 Å². The summed E-state index contributed by atoms with van der Waals surface area (Å²) >= 11 is 5.60. The maximum atomic E-state index is 10.9. The van der Waals surface area contributed by atoms with E-state index in [1.54, 1.807) is 24.3 Å². The Bertz CT molecular complexity index is 1100. The van der Waals surface area contributed by atoms with Crippen molar-refractivity contribution in [3.05, 3.63) is 97.0 Å². The molecule has 0 unspecified atom stereocenters. The molecule has 0 heterocycles. The van der Waals surface area contributed by atoms with Crippen LogP contribution in [0.25, 0.3) is 11.6 Å². The third kappa shape index (κ3) is 5.68. The number of allylic oxidation sites excluding steroid dienone is 1. The van der Waals surface area contributed by atoms with Crippen molar-refractivity contribution < 1.29 is 14.6 Å². The third-order valence-corrected chi connectivity index (χ3v) is 5.51. The van der Waals surface area contributed by atoms with Gasteiger partial charge in [-0.3, -0.25) is 0 Å². The van der Waals surface area contributed by atoms with Gasteiger partial charge in [0.15, 0.2) is 0 Å². The molecule has 0 saturated heterocycles. The number of nitriles is 1. The number of nitrogens with zero attached hydrogens (tertiary/aromatic N) is 1. The first-order valence-corrected chi connectivity index (χ1v) is 10.5. The number of benzene rings is 3. The monoisotopic (exact) mass is 559 g/mol. The molecular formula is C23H15BrINO3. The Kier molecular flexibility index (Phi) is 7.07. The molecule has 3 aromatic carbocycles. The van der Waals surface area contributed by atoms with Gasteiger partial charge in [0.25, 0.3) is 0 Å². The van der Waals surface area contributed by atoms with Crippen molar-refractivity contribution in [3.8, 4) is 11.8 Å². The number of hydrogen-bond acceptors (Lipinski definition) is 3. The van der Waals surface area contributed by atoms with E-state index in [0.717, 1.165) is 30.5 Å². The van der Waals surface area contributed by atoms with Crippen LogP contribution in [0.1, 0.15) is 27.0 Å². The summed E-state index contributed by atoms with van der Waals surface area (Å²) in [6, 6.07) is 22.2. The number of hydrogen-bond donors (Lipinski definition) is 1. The highest BCUT2D eigenvalue weighted by atomic mass is 127. The van der Waals surface area contributed by atoms with Crippen LogP contribution in [-0.2, 0) is 6.61 Å². The lowest BCUT2D eigenvalue weighted by Gasteiger charge is -2.09. The average molecular weight is 560 g/mol. The van der Waals surface area contributed by atoms with Crippen molar-refractivity contribution in [1.82, 2.24) is 0 Å². The van der Waals surface area contributed by atoms with Gasteiger partial charge in [-0.25, -0.2) is 4.79 Å². The minimum absolute atomic E-state index is 0.249. The summed E-state index contributed by atoms with van der Waals surface area (Å²) in [5.41, 5.74) is 3.48. The van der Waals surface area contributed by atoms with E-state index in [2.05, 4.69) is 44.6 Å². The van der Waals surface area contributed by atoms with Gasteiger partial charge in [0.05, 0.1) is 20.8 Å². The van der Waals surface area contributed by atoms with E-state index >= 15 is 0 Å². The molecule has 0 amide bonds. The first-order valence-electron chi connectivity index (χ1n) is 8.58. The lowest BCUT2D eigenvalue weighted by atomic mass is 10.0. The largest absolute Gasteiger partial charge is 0.488 e. The zero-order valence-electron chi connectivity index (χ0n) is 15.1. The topological polar surface area (TPSA) is 70.3 Å². The minimum Gasteiger partial charge on any atom is -0.488 e. The number of halogens is 2. The van der Waals surface area contributed by atoms with Gasteiger partial charge >= 0.3 is 5.97 Å². The molecule has 0 fully saturated rings. The summed E-state index contributed by atoms with van der Waals surface area (Å²) in [5, 5.41) is 18.5. The van der Waals surface area contributed by atoms with E-state index < -0.39 is 5.97 Å². The van der Waals surface area contributed by atoms with Crippen molar-refractivity contribution in [3.63, 3.8) is 0 Å². The van der Waals surface area contributed by atoms with Crippen molar-refractivity contribution >= 4 is 56.1 Å². The second-order valence-electron chi connectivity index (χ2n) is 6.16. The predicted octanol–water partition coefficient (Wildman–Crippen LogP) is 6.40. The number of carboxylic acid groups (broad SMARTS) is 1. The van der Waals surface area contributed by atoms with Crippen LogP contribution in [0.15, 0.2) is 71.2 Å². The lowest BCUT2D eigenvalue weighted by Crippen LogP contribution is -1.99. The average Bonchev–Trinajstić information content (AvgIpc) is 2.72. The zero-order chi connectivity index (χ0) is 20.8. The van der Waals surface area contributed by atoms with Gasteiger partial charge in [0.1, 0.15) is 12.4 Å². The molecule has 0 bridgehead atoms.